The average Bonchev–Trinajstić information content (AvgIpc) is 3.39. The summed E-state index contributed by atoms with van der Waals surface area (Å²) in [5.74, 6) is 2.37. The molecule has 8 rings (SSSR count). The summed E-state index contributed by atoms with van der Waals surface area (Å²) < 4.78 is 44.2. The van der Waals surface area contributed by atoms with Gasteiger partial charge in [0.25, 0.3) is 0 Å². The first-order chi connectivity index (χ1) is 25.4. The number of aromatic nitrogens is 3. The van der Waals surface area contributed by atoms with Crippen LogP contribution in [0, 0.1) is 35.3 Å². The van der Waals surface area contributed by atoms with E-state index in [1.807, 2.05) is 13.8 Å². The van der Waals surface area contributed by atoms with Crippen molar-refractivity contribution in [1.82, 2.24) is 19.9 Å². The molecule has 2 saturated carbocycles. The number of nitrogens with zero attached hydrogens (tertiary/aromatic N) is 5. The molecule has 4 aromatic rings. The van der Waals surface area contributed by atoms with Crippen molar-refractivity contribution in [2.24, 2.45) is 11.3 Å². The molecule has 1 N–H and O–H groups in total. The highest BCUT2D eigenvalue weighted by molar-refractivity contribution is 6.03. The van der Waals surface area contributed by atoms with Gasteiger partial charge in [-0.3, -0.25) is 9.88 Å². The topological polar surface area (TPSA) is 83.8 Å². The molecule has 4 aliphatic rings. The van der Waals surface area contributed by atoms with Gasteiger partial charge in [-0.2, -0.15) is 9.97 Å². The van der Waals surface area contributed by atoms with Crippen LogP contribution in [-0.4, -0.2) is 76.5 Å². The van der Waals surface area contributed by atoms with Crippen LogP contribution >= 0.6 is 0 Å². The second-order valence-corrected chi connectivity index (χ2v) is 14.8. The van der Waals surface area contributed by atoms with Gasteiger partial charge in [0.05, 0.1) is 24.2 Å². The number of ether oxygens (including phenoxy) is 2. The normalized spacial score (nSPS) is 24.8. The lowest BCUT2D eigenvalue weighted by Gasteiger charge is -2.53. The summed E-state index contributed by atoms with van der Waals surface area (Å²) in [5, 5.41) is 11.8. The number of benzene rings is 2. The largest absolute Gasteiger partial charge is 0.508 e. The number of hydrogen-bond donors (Lipinski definition) is 1. The lowest BCUT2D eigenvalue weighted by molar-refractivity contribution is -0.0543. The van der Waals surface area contributed by atoms with E-state index in [9.17, 15) is 9.50 Å². The van der Waals surface area contributed by atoms with E-state index in [1.165, 1.54) is 62.8 Å². The number of fused-ring (bicyclic) bond motifs is 3. The number of phenols is 1. The van der Waals surface area contributed by atoms with Crippen LogP contribution in [0.4, 0.5) is 14.6 Å². The van der Waals surface area contributed by atoms with Gasteiger partial charge in [-0.15, -0.1) is 6.42 Å². The number of aromatic hydroxyl groups is 1. The van der Waals surface area contributed by atoms with Gasteiger partial charge in [-0.25, -0.2) is 8.78 Å². The maximum atomic E-state index is 17.0. The summed E-state index contributed by atoms with van der Waals surface area (Å²) in [6.07, 6.45) is 19.0. The molecule has 2 aliphatic heterocycles. The van der Waals surface area contributed by atoms with Crippen molar-refractivity contribution in [3.8, 4) is 35.4 Å². The summed E-state index contributed by atoms with van der Waals surface area (Å²) in [4.78, 5) is 19.0. The molecule has 2 saturated heterocycles. The fourth-order valence-corrected chi connectivity index (χ4v) is 9.43. The first-order valence-electron chi connectivity index (χ1n) is 19.4. The van der Waals surface area contributed by atoms with E-state index in [-0.39, 0.29) is 39.5 Å². The van der Waals surface area contributed by atoms with Gasteiger partial charge < -0.3 is 19.5 Å². The Kier molecular flexibility index (Phi) is 10.8. The molecule has 2 aromatic heterocycles. The highest BCUT2D eigenvalue weighted by atomic mass is 19.1. The van der Waals surface area contributed by atoms with Crippen LogP contribution in [0.25, 0.3) is 32.9 Å². The van der Waals surface area contributed by atoms with Crippen molar-refractivity contribution in [2.45, 2.75) is 97.1 Å². The maximum absolute atomic E-state index is 17.0. The van der Waals surface area contributed by atoms with Crippen molar-refractivity contribution in [2.75, 3.05) is 44.4 Å². The van der Waals surface area contributed by atoms with Crippen LogP contribution in [0.1, 0.15) is 90.5 Å². The highest BCUT2D eigenvalue weighted by Crippen LogP contribution is 2.51. The number of piperidine rings is 1. The zero-order chi connectivity index (χ0) is 36.4. The molecule has 4 fully saturated rings. The minimum atomic E-state index is -0.714. The number of anilines is 1. The monoisotopic (exact) mass is 711 g/mol. The van der Waals surface area contributed by atoms with Gasteiger partial charge >= 0.3 is 6.01 Å². The zero-order valence-corrected chi connectivity index (χ0v) is 30.8. The van der Waals surface area contributed by atoms with Crippen LogP contribution in [-0.2, 0) is 4.74 Å². The van der Waals surface area contributed by atoms with Crippen LogP contribution in [0.15, 0.2) is 30.5 Å². The van der Waals surface area contributed by atoms with E-state index in [0.29, 0.717) is 67.0 Å². The molecule has 52 heavy (non-hydrogen) atoms. The third-order valence-corrected chi connectivity index (χ3v) is 11.8. The Morgan fingerprint density at radius 1 is 1.06 bits per heavy atom. The van der Waals surface area contributed by atoms with Gasteiger partial charge in [-0.05, 0) is 81.0 Å². The number of halogens is 2. The SMILES string of the molecule is C#Cc1c(F)ccc2cc(O)cc(-c3ncc4c(N5CCCOCC5)nc(OCC56CCCC5N(C5CC(CCC)C5)CCC6)nc4c3F)c12.CC. The number of phenolic OH excluding ortho intramolecular Hbond substituents is 1. The molecule has 0 amide bonds. The molecular formula is C42H51F2N5O3. The van der Waals surface area contributed by atoms with E-state index >= 15 is 4.39 Å². The smallest absolute Gasteiger partial charge is 0.319 e. The molecule has 4 heterocycles. The van der Waals surface area contributed by atoms with Gasteiger partial charge in [0.1, 0.15) is 28.6 Å². The van der Waals surface area contributed by atoms with E-state index in [1.54, 1.807) is 6.20 Å². The van der Waals surface area contributed by atoms with E-state index < -0.39 is 11.6 Å². The second kappa shape index (κ2) is 15.5. The van der Waals surface area contributed by atoms with Crippen molar-refractivity contribution >= 4 is 27.5 Å². The number of rotatable bonds is 8. The number of pyridine rings is 1. The molecule has 0 spiro atoms. The molecule has 276 valence electrons. The minimum absolute atomic E-state index is 0.0150. The van der Waals surface area contributed by atoms with Crippen molar-refractivity contribution in [3.05, 3.63) is 47.7 Å². The highest BCUT2D eigenvalue weighted by Gasteiger charge is 2.51. The lowest BCUT2D eigenvalue weighted by Crippen LogP contribution is -2.58. The Morgan fingerprint density at radius 3 is 2.69 bits per heavy atom. The van der Waals surface area contributed by atoms with E-state index in [2.05, 4.69) is 27.6 Å². The number of terminal acetylenes is 1. The Bertz CT molecular complexity index is 1950. The first kappa shape index (κ1) is 36.3. The minimum Gasteiger partial charge on any atom is -0.508 e. The molecule has 10 heteroatoms. The van der Waals surface area contributed by atoms with Crippen LogP contribution < -0.4 is 9.64 Å². The van der Waals surface area contributed by atoms with E-state index in [4.69, 9.17) is 25.9 Å². The fraction of sp³-hybridized carbons (Fsp3) is 0.548. The molecule has 2 aromatic carbocycles. The molecule has 0 bridgehead atoms. The molecule has 2 aliphatic carbocycles. The maximum Gasteiger partial charge on any atom is 0.319 e. The molecular weight excluding hydrogens is 660 g/mol. The Labute approximate surface area is 305 Å². The van der Waals surface area contributed by atoms with Crippen molar-refractivity contribution in [3.63, 3.8) is 0 Å². The van der Waals surface area contributed by atoms with Gasteiger partial charge in [0.2, 0.25) is 0 Å². The summed E-state index contributed by atoms with van der Waals surface area (Å²) in [6, 6.07) is 6.87. The summed E-state index contributed by atoms with van der Waals surface area (Å²) in [7, 11) is 0. The molecule has 2 unspecified atom stereocenters. The van der Waals surface area contributed by atoms with Gasteiger partial charge in [0.15, 0.2) is 5.82 Å². The molecule has 2 atom stereocenters. The average molecular weight is 712 g/mol. The van der Waals surface area contributed by atoms with Gasteiger partial charge in [0, 0.05) is 54.3 Å². The van der Waals surface area contributed by atoms with Crippen LogP contribution in [0.3, 0.4) is 0 Å². The summed E-state index contributed by atoms with van der Waals surface area (Å²) >= 11 is 0. The number of likely N-dealkylation sites (tertiary alicyclic amines) is 1. The summed E-state index contributed by atoms with van der Waals surface area (Å²) in [5.41, 5.74) is 0.142. The Morgan fingerprint density at radius 2 is 1.88 bits per heavy atom. The van der Waals surface area contributed by atoms with Crippen LogP contribution in [0.2, 0.25) is 0 Å². The summed E-state index contributed by atoms with van der Waals surface area (Å²) in [6.45, 7) is 10.3. The lowest BCUT2D eigenvalue weighted by atomic mass is 9.71. The predicted octanol–water partition coefficient (Wildman–Crippen LogP) is 8.66. The van der Waals surface area contributed by atoms with Crippen molar-refractivity contribution < 1.29 is 23.4 Å². The Balaban J connectivity index is 0.00000207. The number of hydrogen-bond acceptors (Lipinski definition) is 8. The Hall–Kier alpha value is -4.07. The standard InChI is InChI=1S/C40H45F2N5O3.C2H6/c1-3-8-25-19-27(20-25)47-15-6-13-40(12-5-9-33(40)47)24-50-39-44-37-31(38(45-39)46-14-7-17-49-18-16-46)23-43-36(35(37)42)30-22-28(48)21-26-10-11-32(41)29(4-2)34(26)30;1-2/h2,10-11,21-23,25,27,33,48H,3,5-9,12-20,24H2,1H3;1-2H3. The second-order valence-electron chi connectivity index (χ2n) is 14.8. The third-order valence-electron chi connectivity index (χ3n) is 11.8. The zero-order valence-electron chi connectivity index (χ0n) is 30.8. The van der Waals surface area contributed by atoms with Crippen LogP contribution in [0.5, 0.6) is 11.8 Å². The molecule has 8 nitrogen and oxygen atoms in total. The predicted molar refractivity (Wildman–Crippen MR) is 202 cm³/mol. The van der Waals surface area contributed by atoms with E-state index in [0.717, 1.165) is 38.1 Å². The molecule has 0 radical (unpaired) electrons. The first-order valence-corrected chi connectivity index (χ1v) is 19.4. The fourth-order valence-electron chi connectivity index (χ4n) is 9.43. The van der Waals surface area contributed by atoms with Gasteiger partial charge in [-0.1, -0.05) is 52.0 Å². The van der Waals surface area contributed by atoms with Crippen molar-refractivity contribution in [1.29, 1.82) is 0 Å². The third kappa shape index (κ3) is 6.67. The quantitative estimate of drug-likeness (QED) is 0.182.